The second kappa shape index (κ2) is 7.28. The lowest BCUT2D eigenvalue weighted by Gasteiger charge is -2.16. The van der Waals surface area contributed by atoms with E-state index in [9.17, 15) is 4.79 Å². The molecule has 1 amide bonds. The quantitative estimate of drug-likeness (QED) is 0.553. The van der Waals surface area contributed by atoms with Gasteiger partial charge in [0.1, 0.15) is 0 Å². The molecule has 0 aliphatic rings. The summed E-state index contributed by atoms with van der Waals surface area (Å²) in [5.74, 6) is -0.0321. The highest BCUT2D eigenvalue weighted by Crippen LogP contribution is 2.05. The lowest BCUT2D eigenvalue weighted by atomic mass is 10.1. The first-order chi connectivity index (χ1) is 8.67. The van der Waals surface area contributed by atoms with Crippen LogP contribution >= 0.6 is 0 Å². The van der Waals surface area contributed by atoms with Crippen LogP contribution in [-0.4, -0.2) is 23.9 Å². The fourth-order valence-corrected chi connectivity index (χ4v) is 1.52. The van der Waals surface area contributed by atoms with Gasteiger partial charge in [-0.05, 0) is 18.6 Å². The Bertz CT molecular complexity index is 433. The monoisotopic (exact) mass is 241 g/mol. The highest BCUT2D eigenvalue weighted by Gasteiger charge is 2.05. The molecule has 0 fully saturated rings. The zero-order chi connectivity index (χ0) is 13.4. The molecule has 0 N–H and O–H groups in total. The summed E-state index contributed by atoms with van der Waals surface area (Å²) in [5.41, 5.74) is 2.23. The van der Waals surface area contributed by atoms with Gasteiger partial charge in [-0.1, -0.05) is 42.0 Å². The molecule has 1 aromatic rings. The zero-order valence-electron chi connectivity index (χ0n) is 10.8. The first kappa shape index (κ1) is 14.0. The van der Waals surface area contributed by atoms with E-state index in [1.54, 1.807) is 23.1 Å². The van der Waals surface area contributed by atoms with Crippen LogP contribution in [0.25, 0.3) is 6.08 Å². The predicted octanol–water partition coefficient (Wildman–Crippen LogP) is 3.21. The van der Waals surface area contributed by atoms with Crippen molar-refractivity contribution in [3.8, 4) is 0 Å². The maximum absolute atomic E-state index is 11.9. The van der Waals surface area contributed by atoms with Crippen molar-refractivity contribution in [1.29, 1.82) is 0 Å². The van der Waals surface area contributed by atoms with Crippen LogP contribution in [0.3, 0.4) is 0 Å². The number of hydrogen-bond acceptors (Lipinski definition) is 1. The number of aryl methyl sites for hydroxylation is 1. The smallest absolute Gasteiger partial charge is 0.247 e. The van der Waals surface area contributed by atoms with E-state index in [1.165, 1.54) is 5.56 Å². The van der Waals surface area contributed by atoms with Crippen LogP contribution in [0.5, 0.6) is 0 Å². The number of rotatable bonds is 6. The normalized spacial score (nSPS) is 10.3. The highest BCUT2D eigenvalue weighted by atomic mass is 16.2. The minimum Gasteiger partial charge on any atom is -0.332 e. The van der Waals surface area contributed by atoms with Gasteiger partial charge in [-0.25, -0.2) is 0 Å². The molecule has 0 bridgehead atoms. The Morgan fingerprint density at radius 2 is 1.72 bits per heavy atom. The van der Waals surface area contributed by atoms with Crippen molar-refractivity contribution in [1.82, 2.24) is 4.90 Å². The molecule has 0 aliphatic carbocycles. The van der Waals surface area contributed by atoms with Crippen LogP contribution in [0.15, 0.2) is 55.7 Å². The average Bonchev–Trinajstić information content (AvgIpc) is 2.37. The number of hydrogen-bond donors (Lipinski definition) is 0. The molecular weight excluding hydrogens is 222 g/mol. The number of benzene rings is 1. The third-order valence-electron chi connectivity index (χ3n) is 2.51. The molecule has 0 spiro atoms. The van der Waals surface area contributed by atoms with E-state index in [0.29, 0.717) is 13.1 Å². The summed E-state index contributed by atoms with van der Waals surface area (Å²) in [5, 5.41) is 0. The number of carbonyl (C=O) groups is 1. The van der Waals surface area contributed by atoms with Crippen molar-refractivity contribution in [2.45, 2.75) is 6.92 Å². The third kappa shape index (κ3) is 4.42. The van der Waals surface area contributed by atoms with Gasteiger partial charge in [0, 0.05) is 19.2 Å². The Balaban J connectivity index is 2.69. The molecule has 0 atom stereocenters. The Morgan fingerprint density at radius 3 is 2.22 bits per heavy atom. The van der Waals surface area contributed by atoms with E-state index in [-0.39, 0.29) is 5.91 Å². The summed E-state index contributed by atoms with van der Waals surface area (Å²) in [6.45, 7) is 10.4. The summed E-state index contributed by atoms with van der Waals surface area (Å²) in [7, 11) is 0. The molecule has 0 heterocycles. The van der Waals surface area contributed by atoms with E-state index in [2.05, 4.69) is 13.2 Å². The van der Waals surface area contributed by atoms with Gasteiger partial charge in [0.2, 0.25) is 5.91 Å². The average molecular weight is 241 g/mol. The molecule has 0 radical (unpaired) electrons. The Labute approximate surface area is 109 Å². The summed E-state index contributed by atoms with van der Waals surface area (Å²) >= 11 is 0. The van der Waals surface area contributed by atoms with Gasteiger partial charge in [0.05, 0.1) is 0 Å². The fraction of sp³-hybridized carbons (Fsp3) is 0.188. The zero-order valence-corrected chi connectivity index (χ0v) is 10.8. The molecule has 0 aromatic heterocycles. The van der Waals surface area contributed by atoms with Crippen molar-refractivity contribution in [2.75, 3.05) is 13.1 Å². The SMILES string of the molecule is C=CCN(CC=C)C(=O)C=Cc1ccc(C)cc1. The Hall–Kier alpha value is -2.09. The van der Waals surface area contributed by atoms with Crippen molar-refractivity contribution in [3.63, 3.8) is 0 Å². The predicted molar refractivity (Wildman–Crippen MR) is 77.2 cm³/mol. The number of amides is 1. The second-order valence-electron chi connectivity index (χ2n) is 4.06. The van der Waals surface area contributed by atoms with Gasteiger partial charge in [-0.15, -0.1) is 13.2 Å². The van der Waals surface area contributed by atoms with Crippen molar-refractivity contribution < 1.29 is 4.79 Å². The molecule has 0 saturated heterocycles. The van der Waals surface area contributed by atoms with Gasteiger partial charge in [0.25, 0.3) is 0 Å². The van der Waals surface area contributed by atoms with Gasteiger partial charge in [-0.3, -0.25) is 4.79 Å². The summed E-state index contributed by atoms with van der Waals surface area (Å²) in [6, 6.07) is 8.03. The van der Waals surface area contributed by atoms with Gasteiger partial charge < -0.3 is 4.90 Å². The third-order valence-corrected chi connectivity index (χ3v) is 2.51. The molecular formula is C16H19NO. The minimum absolute atomic E-state index is 0.0321. The summed E-state index contributed by atoms with van der Waals surface area (Å²) < 4.78 is 0. The molecule has 18 heavy (non-hydrogen) atoms. The van der Waals surface area contributed by atoms with Crippen molar-refractivity contribution >= 4 is 12.0 Å². The van der Waals surface area contributed by atoms with Crippen LogP contribution in [-0.2, 0) is 4.79 Å². The first-order valence-corrected chi connectivity index (χ1v) is 5.93. The Kier molecular flexibility index (Phi) is 5.65. The molecule has 0 aliphatic heterocycles. The lowest BCUT2D eigenvalue weighted by molar-refractivity contribution is -0.124. The molecule has 0 unspecified atom stereocenters. The van der Waals surface area contributed by atoms with E-state index in [1.807, 2.05) is 37.3 Å². The van der Waals surface area contributed by atoms with Crippen LogP contribution in [0.1, 0.15) is 11.1 Å². The molecule has 1 aromatic carbocycles. The minimum atomic E-state index is -0.0321. The van der Waals surface area contributed by atoms with Crippen LogP contribution in [0.4, 0.5) is 0 Å². The van der Waals surface area contributed by atoms with Gasteiger partial charge in [-0.2, -0.15) is 0 Å². The molecule has 2 nitrogen and oxygen atoms in total. The molecule has 1 rings (SSSR count). The van der Waals surface area contributed by atoms with E-state index >= 15 is 0 Å². The van der Waals surface area contributed by atoms with Crippen LogP contribution in [0, 0.1) is 6.92 Å². The fourth-order valence-electron chi connectivity index (χ4n) is 1.52. The van der Waals surface area contributed by atoms with E-state index < -0.39 is 0 Å². The van der Waals surface area contributed by atoms with Gasteiger partial charge >= 0.3 is 0 Å². The topological polar surface area (TPSA) is 20.3 Å². The largest absolute Gasteiger partial charge is 0.332 e. The molecule has 94 valence electrons. The summed E-state index contributed by atoms with van der Waals surface area (Å²) in [6.07, 6.45) is 6.82. The van der Waals surface area contributed by atoms with Crippen LogP contribution in [0.2, 0.25) is 0 Å². The molecule has 0 saturated carbocycles. The maximum atomic E-state index is 11.9. The first-order valence-electron chi connectivity index (χ1n) is 5.93. The molecule has 2 heteroatoms. The highest BCUT2D eigenvalue weighted by molar-refractivity contribution is 5.92. The standard InChI is InChI=1S/C16H19NO/c1-4-12-17(13-5-2)16(18)11-10-15-8-6-14(3)7-9-15/h4-11H,1-2,12-13H2,3H3. The maximum Gasteiger partial charge on any atom is 0.247 e. The second-order valence-corrected chi connectivity index (χ2v) is 4.06. The van der Waals surface area contributed by atoms with E-state index in [4.69, 9.17) is 0 Å². The van der Waals surface area contributed by atoms with Crippen molar-refractivity contribution in [3.05, 3.63) is 66.8 Å². The van der Waals surface area contributed by atoms with Crippen LogP contribution < -0.4 is 0 Å². The van der Waals surface area contributed by atoms with Gasteiger partial charge in [0.15, 0.2) is 0 Å². The lowest BCUT2D eigenvalue weighted by Crippen LogP contribution is -2.29. The number of nitrogens with zero attached hydrogens (tertiary/aromatic N) is 1. The van der Waals surface area contributed by atoms with E-state index in [0.717, 1.165) is 5.56 Å². The van der Waals surface area contributed by atoms with Crippen molar-refractivity contribution in [2.24, 2.45) is 0 Å². The summed E-state index contributed by atoms with van der Waals surface area (Å²) in [4.78, 5) is 13.6. The Morgan fingerprint density at radius 1 is 1.17 bits per heavy atom. The number of carbonyl (C=O) groups excluding carboxylic acids is 1.